The smallest absolute Gasteiger partial charge is 0.170 e. The molecule has 1 unspecified atom stereocenters. The minimum atomic E-state index is -1.17. The Morgan fingerprint density at radius 2 is 1.10 bits per heavy atom. The van der Waals surface area contributed by atoms with Crippen molar-refractivity contribution in [2.45, 2.75) is 41.5 Å². The zero-order valence-corrected chi connectivity index (χ0v) is 21.9. The minimum Gasteiger partial charge on any atom is -0.369 e. The zero-order chi connectivity index (χ0) is 23.4. The average molecular weight is 445 g/mol. The molecule has 30 heavy (non-hydrogen) atoms. The van der Waals surface area contributed by atoms with Crippen LogP contribution in [0.2, 0.25) is 0 Å². The number of anilines is 1. The van der Waals surface area contributed by atoms with Gasteiger partial charge in [-0.1, -0.05) is 59.7 Å². The molecule has 1 aromatic rings. The summed E-state index contributed by atoms with van der Waals surface area (Å²) >= 11 is -1.17. The van der Waals surface area contributed by atoms with Crippen LogP contribution >= 0.6 is 0 Å². The molecule has 3 rings (SSSR count). The van der Waals surface area contributed by atoms with Gasteiger partial charge in [-0.3, -0.25) is 0 Å². The number of para-hydroxylation sites is 1. The van der Waals surface area contributed by atoms with Crippen LogP contribution in [0.1, 0.15) is 41.5 Å². The van der Waals surface area contributed by atoms with E-state index >= 15 is 0 Å². The molecule has 2 saturated heterocycles. The second kappa shape index (κ2) is 21.2. The topological polar surface area (TPSA) is 39.3 Å². The van der Waals surface area contributed by atoms with Crippen LogP contribution < -0.4 is 4.90 Å². The van der Waals surface area contributed by atoms with E-state index < -0.39 is 11.1 Å². The second-order valence-electron chi connectivity index (χ2n) is 6.33. The summed E-state index contributed by atoms with van der Waals surface area (Å²) in [6.07, 6.45) is 1.54. The summed E-state index contributed by atoms with van der Waals surface area (Å²) in [7, 11) is 4.25. The predicted octanol–water partition coefficient (Wildman–Crippen LogP) is 3.98. The van der Waals surface area contributed by atoms with Gasteiger partial charge in [-0.05, 0) is 26.2 Å². The summed E-state index contributed by atoms with van der Waals surface area (Å²) in [5.41, 5.74) is 1.36. The quantitative estimate of drug-likeness (QED) is 0.702. The van der Waals surface area contributed by atoms with Crippen molar-refractivity contribution in [1.82, 2.24) is 14.9 Å². The fraction of sp³-hybridized carbons (Fsp3) is 0.739. The summed E-state index contributed by atoms with van der Waals surface area (Å²) in [4.78, 5) is 7.04. The summed E-state index contributed by atoms with van der Waals surface area (Å²) in [6, 6.07) is 10.7. The van der Waals surface area contributed by atoms with Crippen molar-refractivity contribution in [3.63, 3.8) is 0 Å². The Balaban J connectivity index is 0. The van der Waals surface area contributed by atoms with Gasteiger partial charge in [-0.2, -0.15) is 9.35 Å². The average Bonchev–Trinajstić information content (AvgIpc) is 2.81. The van der Waals surface area contributed by atoms with Gasteiger partial charge in [0.15, 0.2) is 11.1 Å². The maximum atomic E-state index is 10.6. The molecular formula is C23H48N4O2S. The summed E-state index contributed by atoms with van der Waals surface area (Å²) in [6.45, 7) is 20.3. The predicted molar refractivity (Wildman–Crippen MR) is 134 cm³/mol. The Hall–Kier alpha value is -0.990. The molecule has 0 radical (unpaired) electrons. The molecule has 0 aliphatic carbocycles. The monoisotopic (exact) mass is 444 g/mol. The van der Waals surface area contributed by atoms with Gasteiger partial charge < -0.3 is 14.7 Å². The molecular weight excluding hydrogens is 396 g/mol. The highest BCUT2D eigenvalue weighted by Crippen LogP contribution is 2.14. The Kier molecular flexibility index (Phi) is 22.1. The molecule has 7 heteroatoms. The third kappa shape index (κ3) is 14.9. The normalized spacial score (nSPS) is 18.1. The van der Waals surface area contributed by atoms with Crippen LogP contribution in [0, 0.1) is 0 Å². The lowest BCUT2D eigenvalue weighted by molar-refractivity contribution is -0.0728. The fourth-order valence-electron chi connectivity index (χ4n) is 2.71. The van der Waals surface area contributed by atoms with Crippen LogP contribution in [0.25, 0.3) is 0 Å². The summed E-state index contributed by atoms with van der Waals surface area (Å²) < 4.78 is 15.6. The van der Waals surface area contributed by atoms with Gasteiger partial charge in [0, 0.05) is 64.3 Å². The number of hydrogen-bond acceptors (Lipinski definition) is 6. The Morgan fingerprint density at radius 3 is 1.50 bits per heavy atom. The van der Waals surface area contributed by atoms with E-state index in [0.29, 0.717) is 0 Å². The number of piperazine rings is 2. The number of hydroxylamine groups is 2. The molecule has 178 valence electrons. The van der Waals surface area contributed by atoms with E-state index in [0.717, 1.165) is 39.3 Å². The maximum Gasteiger partial charge on any atom is 0.170 e. The molecule has 2 fully saturated rings. The first-order chi connectivity index (χ1) is 14.5. The van der Waals surface area contributed by atoms with E-state index in [1.54, 1.807) is 11.3 Å². The molecule has 0 aromatic heterocycles. The van der Waals surface area contributed by atoms with E-state index in [-0.39, 0.29) is 0 Å². The van der Waals surface area contributed by atoms with Gasteiger partial charge >= 0.3 is 0 Å². The molecule has 1 atom stereocenters. The van der Waals surface area contributed by atoms with Crippen LogP contribution in [-0.2, 0) is 15.4 Å². The number of rotatable bonds is 3. The van der Waals surface area contributed by atoms with Gasteiger partial charge in [-0.25, -0.2) is 4.21 Å². The summed E-state index contributed by atoms with van der Waals surface area (Å²) in [5, 5.41) is 1.76. The van der Waals surface area contributed by atoms with Crippen molar-refractivity contribution in [1.29, 1.82) is 0 Å². The van der Waals surface area contributed by atoms with E-state index in [1.165, 1.54) is 18.8 Å². The van der Waals surface area contributed by atoms with Crippen molar-refractivity contribution in [2.75, 3.05) is 77.6 Å². The van der Waals surface area contributed by atoms with Crippen LogP contribution in [0.4, 0.5) is 5.69 Å². The van der Waals surface area contributed by atoms with Crippen molar-refractivity contribution in [2.24, 2.45) is 0 Å². The third-order valence-corrected chi connectivity index (χ3v) is 4.72. The molecule has 2 aliphatic heterocycles. The SMILES string of the molecule is CC.CC.CC.CN1CCN(OS(C)=O)CC1.CN1CCN(c2ccccc2)CC1. The highest BCUT2D eigenvalue weighted by molar-refractivity contribution is 7.79. The van der Waals surface area contributed by atoms with Crippen molar-refractivity contribution < 1.29 is 8.49 Å². The van der Waals surface area contributed by atoms with Crippen LogP contribution in [0.15, 0.2) is 30.3 Å². The molecule has 0 N–H and O–H groups in total. The lowest BCUT2D eigenvalue weighted by atomic mass is 10.2. The molecule has 0 spiro atoms. The second-order valence-corrected chi connectivity index (χ2v) is 7.29. The van der Waals surface area contributed by atoms with Gasteiger partial charge in [0.05, 0.1) is 0 Å². The van der Waals surface area contributed by atoms with Crippen molar-refractivity contribution in [3.8, 4) is 0 Å². The zero-order valence-electron chi connectivity index (χ0n) is 21.1. The molecule has 0 amide bonds. The molecule has 2 aliphatic rings. The first-order valence-electron chi connectivity index (χ1n) is 11.5. The van der Waals surface area contributed by atoms with E-state index in [2.05, 4.69) is 59.1 Å². The Bertz CT molecular complexity index is 489. The van der Waals surface area contributed by atoms with E-state index in [9.17, 15) is 4.21 Å². The third-order valence-electron chi connectivity index (χ3n) is 4.30. The standard InChI is InChI=1S/C11H16N2.C6H14N2O2S.3C2H6/c1-12-7-9-13(10-8-12)11-5-3-2-4-6-11;1-7-3-5-8(6-4-7)10-11(2)9;3*1-2/h2-6H,7-10H2,1H3;3-6H2,1-2H3;3*1-2H3. The number of hydrogen-bond donors (Lipinski definition) is 0. The summed E-state index contributed by atoms with van der Waals surface area (Å²) in [5.74, 6) is 0. The lowest BCUT2D eigenvalue weighted by Gasteiger charge is -2.33. The largest absolute Gasteiger partial charge is 0.369 e. The Morgan fingerprint density at radius 1 is 0.700 bits per heavy atom. The highest BCUT2D eigenvalue weighted by Gasteiger charge is 2.15. The molecule has 0 saturated carbocycles. The van der Waals surface area contributed by atoms with Crippen LogP contribution in [0.5, 0.6) is 0 Å². The van der Waals surface area contributed by atoms with Gasteiger partial charge in [0.2, 0.25) is 0 Å². The van der Waals surface area contributed by atoms with E-state index in [1.807, 2.05) is 41.5 Å². The van der Waals surface area contributed by atoms with Crippen molar-refractivity contribution >= 4 is 16.8 Å². The molecule has 0 bridgehead atoms. The fourth-order valence-corrected chi connectivity index (χ4v) is 3.16. The maximum absolute atomic E-state index is 10.6. The van der Waals surface area contributed by atoms with Crippen LogP contribution in [0.3, 0.4) is 0 Å². The molecule has 6 nitrogen and oxygen atoms in total. The van der Waals surface area contributed by atoms with Crippen LogP contribution in [-0.4, -0.2) is 91.8 Å². The van der Waals surface area contributed by atoms with E-state index in [4.69, 9.17) is 4.28 Å². The number of nitrogens with zero attached hydrogens (tertiary/aromatic N) is 4. The number of likely N-dealkylation sites (N-methyl/N-ethyl adjacent to an activating group) is 2. The lowest BCUT2D eigenvalue weighted by Crippen LogP contribution is -2.44. The first-order valence-corrected chi connectivity index (χ1v) is 13.0. The minimum absolute atomic E-state index is 0.843. The van der Waals surface area contributed by atoms with Gasteiger partial charge in [0.1, 0.15) is 0 Å². The molecule has 1 aromatic carbocycles. The van der Waals surface area contributed by atoms with Gasteiger partial charge in [0.25, 0.3) is 0 Å². The van der Waals surface area contributed by atoms with Gasteiger partial charge in [-0.15, -0.1) is 0 Å². The molecule has 2 heterocycles. The first kappa shape index (κ1) is 31.2. The number of benzene rings is 1. The van der Waals surface area contributed by atoms with Crippen molar-refractivity contribution in [3.05, 3.63) is 30.3 Å². The highest BCUT2D eigenvalue weighted by atomic mass is 32.2. The Labute approximate surface area is 189 Å².